The van der Waals surface area contributed by atoms with E-state index in [1.807, 2.05) is 67.6 Å². The fourth-order valence-electron chi connectivity index (χ4n) is 13.4. The first kappa shape index (κ1) is 57.9. The first-order valence-corrected chi connectivity index (χ1v) is 30.9. The molecule has 2 atom stereocenters. The molecule has 4 aliphatic rings. The number of ketones is 1. The van der Waals surface area contributed by atoms with Crippen LogP contribution in [0.25, 0.3) is 32.5 Å². The Labute approximate surface area is 503 Å². The molecule has 2 N–H and O–H groups in total. The standard InChI is InChI=1S/C69H69N5O7S3/c1-8-35-71-52-22-15-14-21-50(52)67(3,4)57(71)32-31-55-63(80)74(65(83-55)62-64(81)70(9-2)66(82)84-62)42-48(75)39-43-26-29-53-51(40-43)68(5,6)56(72(53)36-33-59(76)77)23-16-24-58-69(7,41-44-25-27-45-17-10-11-19-47(45)38-44)61-49-20-13-12-18-46(49)28-30-54(61)73(58)37-34-60(78)79/h10-32,38,40,56H,8-9,33-37,39,41-42H2,1-7H3,(H,76,77)(H,78,79)/b23-16+,55-31-,57-32-,58-24+,65-62+. The minimum Gasteiger partial charge on any atom is -0.481 e. The number of aliphatic carboxylic acids is 2. The van der Waals surface area contributed by atoms with Gasteiger partial charge in [-0.2, -0.15) is 0 Å². The van der Waals surface area contributed by atoms with E-state index >= 15 is 0 Å². The highest BCUT2D eigenvalue weighted by Crippen LogP contribution is 2.54. The van der Waals surface area contributed by atoms with Gasteiger partial charge in [0.05, 0.1) is 30.0 Å². The Hall–Kier alpha value is -7.85. The van der Waals surface area contributed by atoms with Crippen LogP contribution in [-0.2, 0) is 54.8 Å². The Bertz CT molecular complexity index is 4170. The molecule has 4 aliphatic heterocycles. The molecule has 1 amide bonds. The predicted octanol–water partition coefficient (Wildman–Crippen LogP) is 11.8. The van der Waals surface area contributed by atoms with Gasteiger partial charge in [-0.25, -0.2) is 0 Å². The Morgan fingerprint density at radius 3 is 2.07 bits per heavy atom. The number of carboxylic acids is 2. The van der Waals surface area contributed by atoms with Gasteiger partial charge in [0.15, 0.2) is 5.78 Å². The van der Waals surface area contributed by atoms with Crippen molar-refractivity contribution in [2.75, 3.05) is 40.9 Å². The van der Waals surface area contributed by atoms with Crippen molar-refractivity contribution in [2.45, 2.75) is 109 Å². The van der Waals surface area contributed by atoms with Crippen LogP contribution in [0.15, 0.2) is 162 Å². The molecule has 6 aromatic carbocycles. The first-order valence-electron chi connectivity index (χ1n) is 28.8. The van der Waals surface area contributed by atoms with E-state index in [4.69, 9.17) is 12.2 Å². The maximum atomic E-state index is 14.7. The van der Waals surface area contributed by atoms with Gasteiger partial charge in [-0.1, -0.05) is 174 Å². The van der Waals surface area contributed by atoms with E-state index in [1.165, 1.54) is 26.4 Å². The average Bonchev–Trinajstić information content (AvgIpc) is 2.12. The summed E-state index contributed by atoms with van der Waals surface area (Å²) < 4.78 is 2.64. The summed E-state index contributed by atoms with van der Waals surface area (Å²) in [7, 11) is 0. The summed E-state index contributed by atoms with van der Waals surface area (Å²) >= 11 is 7.99. The molecule has 84 heavy (non-hydrogen) atoms. The summed E-state index contributed by atoms with van der Waals surface area (Å²) in [6, 6.07) is 41.5. The summed E-state index contributed by atoms with van der Waals surface area (Å²) in [5.74, 6) is -2.32. The topological polar surface area (TPSA) is 144 Å². The van der Waals surface area contributed by atoms with E-state index in [0.717, 1.165) is 97.0 Å². The molecule has 0 saturated carbocycles. The number of thiocarbonyl (C=S) groups is 1. The van der Waals surface area contributed by atoms with E-state index < -0.39 is 22.8 Å². The SMILES string of the molecule is CCCN1/C(=C\C=c2/s/c(=C3/SC(=S)N(CC)C3=O)n(CC(=O)Cc3ccc4c(c3)C(C)(C)C(/C=C/C=C3/N(CCC(=O)O)c5ccc6ccccc6c5C3(C)Cc3ccc5ccccc5c3)N4CCC(=O)O)c2=O)C(C)(C)c2ccccc21. The van der Waals surface area contributed by atoms with Crippen LogP contribution in [0, 0.1) is 0 Å². The summed E-state index contributed by atoms with van der Waals surface area (Å²) in [5.41, 5.74) is 8.29. The molecule has 1 saturated heterocycles. The van der Waals surface area contributed by atoms with Gasteiger partial charge in [0.2, 0.25) is 0 Å². The number of hydrogen-bond donors (Lipinski definition) is 2. The molecule has 7 aromatic rings. The summed E-state index contributed by atoms with van der Waals surface area (Å²) in [5, 5.41) is 24.7. The van der Waals surface area contributed by atoms with Crippen LogP contribution in [0.1, 0.15) is 95.5 Å². The number of allylic oxidation sites excluding steroid dienone is 5. The van der Waals surface area contributed by atoms with Crippen LogP contribution in [0.4, 0.5) is 17.1 Å². The normalized spacial score (nSPS) is 20.6. The van der Waals surface area contributed by atoms with Crippen molar-refractivity contribution >= 4 is 113 Å². The van der Waals surface area contributed by atoms with Crippen LogP contribution in [-0.4, -0.2) is 79.9 Å². The number of hydrogen-bond acceptors (Lipinski definition) is 11. The number of anilines is 3. The number of thiazole rings is 1. The molecule has 5 heterocycles. The Morgan fingerprint density at radius 1 is 0.667 bits per heavy atom. The van der Waals surface area contributed by atoms with Gasteiger partial charge < -0.3 is 24.9 Å². The number of aromatic nitrogens is 1. The third-order valence-electron chi connectivity index (χ3n) is 17.4. The van der Waals surface area contributed by atoms with Crippen LogP contribution in [0.3, 0.4) is 0 Å². The number of rotatable bonds is 18. The summed E-state index contributed by atoms with van der Waals surface area (Å²) in [4.78, 5) is 76.2. The number of thioether (sulfide) groups is 1. The van der Waals surface area contributed by atoms with Crippen molar-refractivity contribution < 1.29 is 29.4 Å². The van der Waals surface area contributed by atoms with Crippen LogP contribution >= 0.6 is 35.3 Å². The lowest BCUT2D eigenvalue weighted by Crippen LogP contribution is -2.41. The van der Waals surface area contributed by atoms with Crippen LogP contribution < -0.4 is 29.5 Å². The van der Waals surface area contributed by atoms with Gasteiger partial charge >= 0.3 is 11.9 Å². The maximum absolute atomic E-state index is 14.7. The molecule has 2 unspecified atom stereocenters. The number of carbonyl (C=O) groups is 4. The van der Waals surface area contributed by atoms with Gasteiger partial charge in [-0.15, -0.1) is 11.3 Å². The van der Waals surface area contributed by atoms with Crippen molar-refractivity contribution in [1.29, 1.82) is 0 Å². The van der Waals surface area contributed by atoms with Crippen molar-refractivity contribution in [1.82, 2.24) is 9.47 Å². The lowest BCUT2D eigenvalue weighted by molar-refractivity contribution is -0.137. The van der Waals surface area contributed by atoms with Crippen molar-refractivity contribution in [3.05, 3.63) is 204 Å². The summed E-state index contributed by atoms with van der Waals surface area (Å²) in [6.07, 6.45) is 11.5. The van der Waals surface area contributed by atoms with Crippen LogP contribution in [0.2, 0.25) is 0 Å². The maximum Gasteiger partial charge on any atom is 0.305 e. The minimum absolute atomic E-state index is 0.00146. The van der Waals surface area contributed by atoms with Crippen molar-refractivity contribution in [3.63, 3.8) is 0 Å². The smallest absolute Gasteiger partial charge is 0.305 e. The number of nitrogens with zero attached hydrogens (tertiary/aromatic N) is 5. The molecular weight excluding hydrogens is 1110 g/mol. The van der Waals surface area contributed by atoms with E-state index in [1.54, 1.807) is 0 Å². The fourth-order valence-corrected chi connectivity index (χ4v) is 16.0. The molecule has 15 heteroatoms. The fraction of sp³-hybridized carbons (Fsp3) is 0.304. The predicted molar refractivity (Wildman–Crippen MR) is 346 cm³/mol. The number of carbonyl (C=O) groups excluding carboxylic acids is 2. The highest BCUT2D eigenvalue weighted by molar-refractivity contribution is 8.30. The second-order valence-corrected chi connectivity index (χ2v) is 26.3. The molecule has 1 fully saturated rings. The molecule has 1 aromatic heterocycles. The van der Waals surface area contributed by atoms with Gasteiger partial charge in [-0.05, 0) is 112 Å². The molecule has 0 aliphatic carbocycles. The monoisotopic (exact) mass is 1180 g/mol. The first-order chi connectivity index (χ1) is 40.2. The zero-order valence-corrected chi connectivity index (χ0v) is 50.9. The van der Waals surface area contributed by atoms with E-state index in [9.17, 15) is 34.2 Å². The van der Waals surface area contributed by atoms with Gasteiger partial charge in [0.25, 0.3) is 11.5 Å². The summed E-state index contributed by atoms with van der Waals surface area (Å²) in [6.45, 7) is 16.3. The Morgan fingerprint density at radius 2 is 1.33 bits per heavy atom. The Balaban J connectivity index is 0.934. The highest BCUT2D eigenvalue weighted by Gasteiger charge is 2.47. The van der Waals surface area contributed by atoms with Crippen molar-refractivity contribution in [3.8, 4) is 0 Å². The number of carboxylic acid groups (broad SMARTS) is 2. The lowest BCUT2D eigenvalue weighted by atomic mass is 9.74. The Kier molecular flexibility index (Phi) is 15.8. The number of fused-ring (bicyclic) bond motifs is 6. The molecule has 0 radical (unpaired) electrons. The minimum atomic E-state index is -0.922. The van der Waals surface area contributed by atoms with E-state index in [-0.39, 0.29) is 67.6 Å². The molecule has 0 spiro atoms. The number of amides is 1. The average molecular weight is 1180 g/mol. The third-order valence-corrected chi connectivity index (χ3v) is 20.1. The molecule has 430 valence electrons. The van der Waals surface area contributed by atoms with Gasteiger partial charge in [-0.3, -0.25) is 33.4 Å². The highest BCUT2D eigenvalue weighted by atomic mass is 32.2. The largest absolute Gasteiger partial charge is 0.481 e. The quantitative estimate of drug-likeness (QED) is 0.0790. The number of Topliss-reactive ketones (excluding diaryl/α,β-unsaturated/α-hetero) is 1. The van der Waals surface area contributed by atoms with E-state index in [0.29, 0.717) is 31.4 Å². The molecular formula is C69H69N5O7S3. The molecule has 11 rings (SSSR count). The zero-order chi connectivity index (χ0) is 59.4. The lowest BCUT2D eigenvalue weighted by Gasteiger charge is -2.33. The van der Waals surface area contributed by atoms with Crippen LogP contribution in [0.5, 0.6) is 0 Å². The van der Waals surface area contributed by atoms with Gasteiger partial charge in [0, 0.05) is 77.3 Å². The van der Waals surface area contributed by atoms with E-state index in [2.05, 4.69) is 147 Å². The second kappa shape index (κ2) is 23.0. The molecule has 0 bridgehead atoms. The van der Waals surface area contributed by atoms with Crippen molar-refractivity contribution in [2.24, 2.45) is 0 Å². The second-order valence-electron chi connectivity index (χ2n) is 23.6. The number of para-hydroxylation sites is 1. The number of benzene rings is 6. The van der Waals surface area contributed by atoms with Gasteiger partial charge in [0.1, 0.15) is 13.9 Å². The zero-order valence-electron chi connectivity index (χ0n) is 48.5. The molecule has 12 nitrogen and oxygen atoms in total. The third kappa shape index (κ3) is 10.4.